The fourth-order valence-electron chi connectivity index (χ4n) is 5.18. The Balaban J connectivity index is 1.13. The third-order valence-electron chi connectivity index (χ3n) is 7.63. The maximum atomic E-state index is 14.9. The number of carbonyl (C=O) groups excluding carboxylic acids is 1. The number of hydrogen-bond donors (Lipinski definition) is 1. The summed E-state index contributed by atoms with van der Waals surface area (Å²) in [5.74, 6) is -0.146. The molecule has 2 fully saturated rings. The van der Waals surface area contributed by atoms with E-state index >= 15 is 0 Å². The normalized spacial score (nSPS) is 16.3. The predicted molar refractivity (Wildman–Crippen MR) is 151 cm³/mol. The van der Waals surface area contributed by atoms with Crippen molar-refractivity contribution in [2.75, 3.05) is 13.1 Å². The first-order valence-electron chi connectivity index (χ1n) is 13.7. The van der Waals surface area contributed by atoms with Crippen molar-refractivity contribution < 1.29 is 23.8 Å². The van der Waals surface area contributed by atoms with Crippen molar-refractivity contribution in [1.29, 1.82) is 0 Å². The van der Waals surface area contributed by atoms with E-state index < -0.39 is 11.8 Å². The minimum Gasteiger partial charge on any atom is -0.481 e. The molecule has 1 N–H and O–H groups in total. The van der Waals surface area contributed by atoms with Gasteiger partial charge in [-0.05, 0) is 80.1 Å². The largest absolute Gasteiger partial charge is 0.481 e. The number of aromatic nitrogens is 2. The first kappa shape index (κ1) is 26.5. The summed E-state index contributed by atoms with van der Waals surface area (Å²) in [6.07, 6.45) is 7.92. The first-order valence-corrected chi connectivity index (χ1v) is 14.5. The van der Waals surface area contributed by atoms with Gasteiger partial charge < -0.3 is 9.84 Å². The van der Waals surface area contributed by atoms with E-state index in [2.05, 4.69) is 14.9 Å². The molecule has 0 unspecified atom stereocenters. The van der Waals surface area contributed by atoms with Crippen molar-refractivity contribution in [3.63, 3.8) is 0 Å². The molecule has 1 aromatic carbocycles. The summed E-state index contributed by atoms with van der Waals surface area (Å²) in [6.45, 7) is 2.28. The van der Waals surface area contributed by atoms with Crippen LogP contribution in [0.25, 0.3) is 20.8 Å². The van der Waals surface area contributed by atoms with E-state index in [1.54, 1.807) is 24.4 Å². The number of carboxylic acids is 1. The molecular formula is C31H30FN3O4S. The Morgan fingerprint density at radius 1 is 1.00 bits per heavy atom. The van der Waals surface area contributed by atoms with Gasteiger partial charge in [-0.25, -0.2) is 4.39 Å². The molecule has 6 rings (SSSR count). The second-order valence-corrected chi connectivity index (χ2v) is 11.9. The molecule has 1 aliphatic heterocycles. The van der Waals surface area contributed by atoms with Crippen LogP contribution in [0.15, 0.2) is 54.9 Å². The van der Waals surface area contributed by atoms with Crippen LogP contribution in [-0.2, 0) is 22.6 Å². The molecule has 4 heterocycles. The Hall–Kier alpha value is -3.69. The number of ketones is 1. The molecule has 3 aromatic heterocycles. The lowest BCUT2D eigenvalue weighted by atomic mass is 9.97. The Morgan fingerprint density at radius 3 is 2.50 bits per heavy atom. The third-order valence-corrected chi connectivity index (χ3v) is 8.79. The van der Waals surface area contributed by atoms with E-state index in [1.807, 2.05) is 24.4 Å². The van der Waals surface area contributed by atoms with Gasteiger partial charge in [0, 0.05) is 37.8 Å². The van der Waals surface area contributed by atoms with Crippen LogP contribution in [0.1, 0.15) is 43.2 Å². The summed E-state index contributed by atoms with van der Waals surface area (Å²) in [6, 6.07) is 12.4. The lowest BCUT2D eigenvalue weighted by Gasteiger charge is -2.29. The zero-order valence-electron chi connectivity index (χ0n) is 22.0. The monoisotopic (exact) mass is 559 g/mol. The molecule has 0 bridgehead atoms. The molecule has 7 nitrogen and oxygen atoms in total. The zero-order valence-corrected chi connectivity index (χ0v) is 22.8. The van der Waals surface area contributed by atoms with Gasteiger partial charge in [0.25, 0.3) is 0 Å². The smallest absolute Gasteiger partial charge is 0.306 e. The molecular weight excluding hydrogens is 529 g/mol. The van der Waals surface area contributed by atoms with Gasteiger partial charge in [0.15, 0.2) is 11.6 Å². The molecule has 1 saturated heterocycles. The van der Waals surface area contributed by atoms with Crippen molar-refractivity contribution in [2.45, 2.75) is 45.1 Å². The van der Waals surface area contributed by atoms with Gasteiger partial charge in [0.1, 0.15) is 11.5 Å². The predicted octanol–water partition coefficient (Wildman–Crippen LogP) is 6.50. The summed E-state index contributed by atoms with van der Waals surface area (Å²) >= 11 is 1.49. The Labute approximate surface area is 235 Å². The quantitative estimate of drug-likeness (QED) is 0.237. The van der Waals surface area contributed by atoms with E-state index in [1.165, 1.54) is 17.4 Å². The lowest BCUT2D eigenvalue weighted by Crippen LogP contribution is -2.35. The molecule has 4 aromatic rings. The number of ether oxygens (including phenoxy) is 1. The van der Waals surface area contributed by atoms with Gasteiger partial charge in [0.2, 0.25) is 0 Å². The number of hydrogen-bond acceptors (Lipinski definition) is 7. The summed E-state index contributed by atoms with van der Waals surface area (Å²) in [5.41, 5.74) is 3.29. The molecule has 0 spiro atoms. The van der Waals surface area contributed by atoms with Crippen LogP contribution in [0.3, 0.4) is 0 Å². The van der Waals surface area contributed by atoms with Crippen LogP contribution in [0.5, 0.6) is 11.5 Å². The van der Waals surface area contributed by atoms with Crippen molar-refractivity contribution in [3.8, 4) is 22.1 Å². The fourth-order valence-corrected chi connectivity index (χ4v) is 6.22. The number of piperidine rings is 1. The standard InChI is InChI=1S/C31H30FN3O4S/c32-24-15-20(14-23(36)13-19-1-2-19)4-6-27(24)39-28-7-10-33-26-16-29(40-30(26)28)25-5-3-21(17-34-25)18-35-11-8-22(9-12-35)31(37)38/h3-7,10,15-17,19,22H,1-2,8-9,11-14,18H2,(H,37,38). The number of halogens is 1. The number of fused-ring (bicyclic) bond motifs is 1. The van der Waals surface area contributed by atoms with E-state index in [9.17, 15) is 19.1 Å². The number of thiophene rings is 1. The SMILES string of the molecule is O=C(Cc1ccc(Oc2ccnc3cc(-c4ccc(CN5CCC(C(=O)O)CC5)cn4)sc23)c(F)c1)CC1CC1. The van der Waals surface area contributed by atoms with Crippen molar-refractivity contribution >= 4 is 33.3 Å². The van der Waals surface area contributed by atoms with Crippen LogP contribution >= 0.6 is 11.3 Å². The average molecular weight is 560 g/mol. The molecule has 1 aliphatic carbocycles. The van der Waals surface area contributed by atoms with E-state index in [-0.39, 0.29) is 23.9 Å². The van der Waals surface area contributed by atoms with Crippen molar-refractivity contribution in [3.05, 3.63) is 71.8 Å². The fraction of sp³-hybridized carbons (Fsp3) is 0.355. The molecule has 1 saturated carbocycles. The second-order valence-electron chi connectivity index (χ2n) is 10.8. The third kappa shape index (κ3) is 6.21. The number of likely N-dealkylation sites (tertiary alicyclic amines) is 1. The average Bonchev–Trinajstić information content (AvgIpc) is 3.64. The molecule has 206 valence electrons. The molecule has 0 radical (unpaired) electrons. The highest BCUT2D eigenvalue weighted by Gasteiger charge is 2.25. The topological polar surface area (TPSA) is 92.6 Å². The molecule has 9 heteroatoms. The van der Waals surface area contributed by atoms with Gasteiger partial charge in [-0.3, -0.25) is 24.5 Å². The number of aliphatic carboxylic acids is 1. The summed E-state index contributed by atoms with van der Waals surface area (Å²) < 4.78 is 21.7. The summed E-state index contributed by atoms with van der Waals surface area (Å²) in [7, 11) is 0. The number of carboxylic acid groups (broad SMARTS) is 1. The summed E-state index contributed by atoms with van der Waals surface area (Å²) in [4.78, 5) is 35.7. The Morgan fingerprint density at radius 2 is 1.80 bits per heavy atom. The molecule has 2 aliphatic rings. The van der Waals surface area contributed by atoms with Gasteiger partial charge >= 0.3 is 5.97 Å². The number of carbonyl (C=O) groups is 2. The number of rotatable bonds is 10. The number of nitrogens with zero attached hydrogens (tertiary/aromatic N) is 3. The highest BCUT2D eigenvalue weighted by molar-refractivity contribution is 7.22. The minimum absolute atomic E-state index is 0.107. The van der Waals surface area contributed by atoms with Crippen LogP contribution < -0.4 is 4.74 Å². The van der Waals surface area contributed by atoms with Gasteiger partial charge in [0.05, 0.1) is 26.7 Å². The molecule has 0 atom stereocenters. The zero-order chi connectivity index (χ0) is 27.6. The van der Waals surface area contributed by atoms with Gasteiger partial charge in [-0.2, -0.15) is 0 Å². The number of Topliss-reactive ketones (excluding diaryl/α,β-unsaturated/α-hetero) is 1. The van der Waals surface area contributed by atoms with Crippen LogP contribution in [0, 0.1) is 17.7 Å². The molecule has 40 heavy (non-hydrogen) atoms. The second kappa shape index (κ2) is 11.4. The number of benzene rings is 1. The highest BCUT2D eigenvalue weighted by atomic mass is 32.1. The summed E-state index contributed by atoms with van der Waals surface area (Å²) in [5, 5.41) is 9.20. The van der Waals surface area contributed by atoms with Crippen LogP contribution in [0.4, 0.5) is 4.39 Å². The minimum atomic E-state index is -0.702. The van der Waals surface area contributed by atoms with Gasteiger partial charge in [-0.1, -0.05) is 12.1 Å². The van der Waals surface area contributed by atoms with Crippen molar-refractivity contribution in [1.82, 2.24) is 14.9 Å². The Kier molecular flexibility index (Phi) is 7.58. The Bertz CT molecular complexity index is 1540. The maximum Gasteiger partial charge on any atom is 0.306 e. The highest BCUT2D eigenvalue weighted by Crippen LogP contribution is 2.39. The van der Waals surface area contributed by atoms with Crippen molar-refractivity contribution in [2.24, 2.45) is 11.8 Å². The first-order chi connectivity index (χ1) is 19.4. The van der Waals surface area contributed by atoms with Crippen LogP contribution in [0.2, 0.25) is 0 Å². The number of pyridine rings is 2. The lowest BCUT2D eigenvalue weighted by molar-refractivity contribution is -0.143. The van der Waals surface area contributed by atoms with E-state index in [0.717, 1.165) is 58.8 Å². The van der Waals surface area contributed by atoms with E-state index in [0.29, 0.717) is 36.5 Å². The van der Waals surface area contributed by atoms with E-state index in [4.69, 9.17) is 4.74 Å². The van der Waals surface area contributed by atoms with Crippen LogP contribution in [-0.4, -0.2) is 44.8 Å². The molecule has 0 amide bonds. The maximum absolute atomic E-state index is 14.9. The van der Waals surface area contributed by atoms with Gasteiger partial charge in [-0.15, -0.1) is 11.3 Å².